The summed E-state index contributed by atoms with van der Waals surface area (Å²) < 4.78 is 5.67. The number of fused-ring (bicyclic) bond motifs is 1. The lowest BCUT2D eigenvalue weighted by Crippen LogP contribution is -2.30. The summed E-state index contributed by atoms with van der Waals surface area (Å²) in [6, 6.07) is 7.69. The molecule has 2 aromatic rings. The minimum atomic E-state index is -0.550. The molecule has 1 atom stereocenters. The van der Waals surface area contributed by atoms with Crippen molar-refractivity contribution in [2.45, 2.75) is 39.2 Å². The van der Waals surface area contributed by atoms with E-state index in [0.717, 1.165) is 24.1 Å². The fourth-order valence-corrected chi connectivity index (χ4v) is 3.45. The Morgan fingerprint density at radius 3 is 3.05 bits per heavy atom. The monoisotopic (exact) mass is 302 g/mol. The van der Waals surface area contributed by atoms with Gasteiger partial charge in [-0.25, -0.2) is 4.98 Å². The number of benzene rings is 1. The molecular weight excluding hydrogens is 284 g/mol. The maximum atomic E-state index is 12.2. The lowest BCUT2D eigenvalue weighted by atomic mass is 10.2. The summed E-state index contributed by atoms with van der Waals surface area (Å²) in [5.41, 5.74) is 2.25. The van der Waals surface area contributed by atoms with Crippen LogP contribution in [0.1, 0.15) is 29.5 Å². The first-order chi connectivity index (χ1) is 10.1. The van der Waals surface area contributed by atoms with Crippen LogP contribution in [0.15, 0.2) is 24.3 Å². The van der Waals surface area contributed by atoms with Crippen LogP contribution in [-0.4, -0.2) is 17.0 Å². The topological polar surface area (TPSA) is 51.2 Å². The molecule has 0 spiro atoms. The highest BCUT2D eigenvalue weighted by molar-refractivity contribution is 7.15. The third kappa shape index (κ3) is 3.24. The van der Waals surface area contributed by atoms with Crippen LogP contribution in [0.25, 0.3) is 0 Å². The number of ether oxygens (including phenoxy) is 1. The Morgan fingerprint density at radius 2 is 2.29 bits per heavy atom. The number of aryl methyl sites for hydroxylation is 3. The van der Waals surface area contributed by atoms with Crippen LogP contribution >= 0.6 is 11.3 Å². The van der Waals surface area contributed by atoms with Crippen molar-refractivity contribution < 1.29 is 9.53 Å². The molecule has 1 N–H and O–H groups in total. The van der Waals surface area contributed by atoms with Crippen molar-refractivity contribution in [1.82, 2.24) is 4.98 Å². The van der Waals surface area contributed by atoms with E-state index in [2.05, 4.69) is 10.3 Å². The van der Waals surface area contributed by atoms with Gasteiger partial charge >= 0.3 is 0 Å². The Morgan fingerprint density at radius 1 is 1.43 bits per heavy atom. The van der Waals surface area contributed by atoms with Gasteiger partial charge in [0.05, 0.1) is 5.69 Å². The molecule has 5 heteroatoms. The van der Waals surface area contributed by atoms with Crippen molar-refractivity contribution in [3.63, 3.8) is 0 Å². The number of amides is 1. The number of carbonyl (C=O) groups is 1. The van der Waals surface area contributed by atoms with Crippen LogP contribution in [0, 0.1) is 6.92 Å². The van der Waals surface area contributed by atoms with E-state index in [0.29, 0.717) is 10.9 Å². The first-order valence-electron chi connectivity index (χ1n) is 7.14. The van der Waals surface area contributed by atoms with E-state index in [4.69, 9.17) is 4.74 Å². The number of carbonyl (C=O) groups excluding carboxylic acids is 1. The van der Waals surface area contributed by atoms with Gasteiger partial charge in [0.2, 0.25) is 0 Å². The number of hydrogen-bond donors (Lipinski definition) is 1. The van der Waals surface area contributed by atoms with Gasteiger partial charge in [-0.05, 0) is 50.8 Å². The Bertz CT molecular complexity index is 645. The predicted octanol–water partition coefficient (Wildman–Crippen LogP) is 3.35. The zero-order chi connectivity index (χ0) is 14.8. The lowest BCUT2D eigenvalue weighted by molar-refractivity contribution is -0.122. The van der Waals surface area contributed by atoms with Gasteiger partial charge in [0.1, 0.15) is 5.75 Å². The van der Waals surface area contributed by atoms with E-state index < -0.39 is 6.10 Å². The second kappa shape index (κ2) is 5.85. The van der Waals surface area contributed by atoms with Gasteiger partial charge in [-0.2, -0.15) is 0 Å². The van der Waals surface area contributed by atoms with E-state index in [1.807, 2.05) is 31.2 Å². The number of thiazole rings is 1. The minimum absolute atomic E-state index is 0.163. The maximum Gasteiger partial charge on any atom is 0.266 e. The van der Waals surface area contributed by atoms with E-state index in [9.17, 15) is 4.79 Å². The van der Waals surface area contributed by atoms with E-state index >= 15 is 0 Å². The molecule has 0 saturated carbocycles. The van der Waals surface area contributed by atoms with Crippen molar-refractivity contribution >= 4 is 22.4 Å². The van der Waals surface area contributed by atoms with Crippen LogP contribution in [0.5, 0.6) is 5.75 Å². The smallest absolute Gasteiger partial charge is 0.266 e. The van der Waals surface area contributed by atoms with E-state index in [1.54, 1.807) is 18.3 Å². The van der Waals surface area contributed by atoms with Crippen molar-refractivity contribution in [3.8, 4) is 5.75 Å². The largest absolute Gasteiger partial charge is 0.481 e. The molecular formula is C16H18N2O2S. The fraction of sp³-hybridized carbons (Fsp3) is 0.375. The van der Waals surface area contributed by atoms with E-state index in [-0.39, 0.29) is 5.91 Å². The fourth-order valence-electron chi connectivity index (χ4n) is 2.40. The van der Waals surface area contributed by atoms with Gasteiger partial charge in [-0.15, -0.1) is 11.3 Å². The van der Waals surface area contributed by atoms with Gasteiger partial charge in [0.25, 0.3) is 5.91 Å². The molecule has 1 aromatic carbocycles. The quantitative estimate of drug-likeness (QED) is 0.942. The molecule has 0 aliphatic heterocycles. The summed E-state index contributed by atoms with van der Waals surface area (Å²) in [6.07, 6.45) is 2.73. The zero-order valence-corrected chi connectivity index (χ0v) is 13.0. The minimum Gasteiger partial charge on any atom is -0.481 e. The molecule has 1 aromatic heterocycles. The number of nitrogens with one attached hydrogen (secondary N) is 1. The molecule has 4 nitrogen and oxygen atoms in total. The lowest BCUT2D eigenvalue weighted by Gasteiger charge is -2.14. The van der Waals surface area contributed by atoms with Crippen LogP contribution < -0.4 is 10.1 Å². The summed E-state index contributed by atoms with van der Waals surface area (Å²) in [4.78, 5) is 17.9. The Kier molecular flexibility index (Phi) is 3.92. The summed E-state index contributed by atoms with van der Waals surface area (Å²) in [6.45, 7) is 3.74. The Balaban J connectivity index is 1.61. The molecule has 1 amide bonds. The second-order valence-corrected chi connectivity index (χ2v) is 6.39. The maximum absolute atomic E-state index is 12.2. The van der Waals surface area contributed by atoms with Crippen LogP contribution in [0.3, 0.4) is 0 Å². The highest BCUT2D eigenvalue weighted by Crippen LogP contribution is 2.30. The standard InChI is InChI=1S/C16H18N2O2S/c1-10-5-3-6-12(9-10)20-11(2)15(19)18-16-17-13-7-4-8-14(13)21-16/h3,5-6,9,11H,4,7-8H2,1-2H3,(H,17,18,19). The normalized spacial score (nSPS) is 14.6. The summed E-state index contributed by atoms with van der Waals surface area (Å²) in [7, 11) is 0. The summed E-state index contributed by atoms with van der Waals surface area (Å²) in [5.74, 6) is 0.545. The highest BCUT2D eigenvalue weighted by Gasteiger charge is 2.20. The molecule has 0 fully saturated rings. The summed E-state index contributed by atoms with van der Waals surface area (Å²) >= 11 is 1.58. The van der Waals surface area contributed by atoms with Crippen molar-refractivity contribution in [1.29, 1.82) is 0 Å². The predicted molar refractivity (Wildman–Crippen MR) is 84.0 cm³/mol. The van der Waals surface area contributed by atoms with Gasteiger partial charge in [0, 0.05) is 4.88 Å². The van der Waals surface area contributed by atoms with Crippen molar-refractivity contribution in [2.75, 3.05) is 5.32 Å². The number of nitrogens with zero attached hydrogens (tertiary/aromatic N) is 1. The SMILES string of the molecule is Cc1cccc(OC(C)C(=O)Nc2nc3c(s2)CCC3)c1. The molecule has 0 radical (unpaired) electrons. The second-order valence-electron chi connectivity index (χ2n) is 5.31. The van der Waals surface area contributed by atoms with Crippen molar-refractivity contribution in [2.24, 2.45) is 0 Å². The molecule has 0 bridgehead atoms. The van der Waals surface area contributed by atoms with E-state index in [1.165, 1.54) is 11.3 Å². The Hall–Kier alpha value is -1.88. The van der Waals surface area contributed by atoms with Crippen LogP contribution in [-0.2, 0) is 17.6 Å². The van der Waals surface area contributed by atoms with Gasteiger partial charge < -0.3 is 4.74 Å². The van der Waals surface area contributed by atoms with Gasteiger partial charge in [0.15, 0.2) is 11.2 Å². The number of rotatable bonds is 4. The molecule has 110 valence electrons. The highest BCUT2D eigenvalue weighted by atomic mass is 32.1. The molecule has 1 aliphatic carbocycles. The molecule has 1 aliphatic rings. The molecule has 21 heavy (non-hydrogen) atoms. The third-order valence-electron chi connectivity index (χ3n) is 3.50. The third-order valence-corrected chi connectivity index (χ3v) is 4.57. The Labute approximate surface area is 128 Å². The number of aromatic nitrogens is 1. The zero-order valence-electron chi connectivity index (χ0n) is 12.2. The first-order valence-corrected chi connectivity index (χ1v) is 7.96. The number of anilines is 1. The number of hydrogen-bond acceptors (Lipinski definition) is 4. The van der Waals surface area contributed by atoms with Gasteiger partial charge in [-0.3, -0.25) is 10.1 Å². The molecule has 3 rings (SSSR count). The molecule has 1 heterocycles. The first kappa shape index (κ1) is 14.1. The van der Waals surface area contributed by atoms with Gasteiger partial charge in [-0.1, -0.05) is 12.1 Å². The van der Waals surface area contributed by atoms with Crippen LogP contribution in [0.2, 0.25) is 0 Å². The molecule has 1 unspecified atom stereocenters. The average molecular weight is 302 g/mol. The van der Waals surface area contributed by atoms with Crippen LogP contribution in [0.4, 0.5) is 5.13 Å². The average Bonchev–Trinajstić information content (AvgIpc) is 2.99. The molecule has 0 saturated heterocycles. The van der Waals surface area contributed by atoms with Crippen molar-refractivity contribution in [3.05, 3.63) is 40.4 Å². The summed E-state index contributed by atoms with van der Waals surface area (Å²) in [5, 5.41) is 3.53.